The number of aromatic amines is 1. The smallest absolute Gasteiger partial charge is 0.340 e. The van der Waals surface area contributed by atoms with Crippen LogP contribution in [0.5, 0.6) is 11.5 Å². The highest BCUT2D eigenvalue weighted by Gasteiger charge is 2.13. The largest absolute Gasteiger partial charge is 0.493 e. The average Bonchev–Trinajstić information content (AvgIpc) is 3.26. The lowest BCUT2D eigenvalue weighted by molar-refractivity contribution is 0.0603. The normalized spacial score (nSPS) is 13.8. The second-order valence-corrected chi connectivity index (χ2v) is 7.81. The number of benzene rings is 2. The first kappa shape index (κ1) is 27.5. The van der Waals surface area contributed by atoms with Crippen molar-refractivity contribution >= 4 is 54.0 Å². The number of para-hydroxylation sites is 1. The van der Waals surface area contributed by atoms with Crippen LogP contribution in [0.4, 0.5) is 0 Å². The van der Waals surface area contributed by atoms with Crippen LogP contribution in [0.15, 0.2) is 36.4 Å². The van der Waals surface area contributed by atoms with Crippen LogP contribution in [0.1, 0.15) is 41.0 Å². The van der Waals surface area contributed by atoms with E-state index >= 15 is 0 Å². The summed E-state index contributed by atoms with van der Waals surface area (Å²) in [6, 6.07) is 11.2. The molecule has 3 aromatic rings. The summed E-state index contributed by atoms with van der Waals surface area (Å²) in [6.07, 6.45) is 7.70. The molecule has 1 aliphatic rings. The third-order valence-corrected chi connectivity index (χ3v) is 5.67. The van der Waals surface area contributed by atoms with E-state index in [-0.39, 0.29) is 24.8 Å². The van der Waals surface area contributed by atoms with Crippen molar-refractivity contribution in [2.24, 2.45) is 0 Å². The predicted molar refractivity (Wildman–Crippen MR) is 140 cm³/mol. The summed E-state index contributed by atoms with van der Waals surface area (Å²) in [5.41, 5.74) is 2.77. The molecular formula is C25H31Cl2N3O4. The second-order valence-electron chi connectivity index (χ2n) is 7.81. The number of carbonyl (C=O) groups is 1. The number of fused-ring (bicyclic) bond motifs is 1. The van der Waals surface area contributed by atoms with Crippen molar-refractivity contribution in [3.8, 4) is 11.5 Å². The summed E-state index contributed by atoms with van der Waals surface area (Å²) in [5, 5.41) is 0. The van der Waals surface area contributed by atoms with E-state index in [0.717, 1.165) is 36.5 Å². The van der Waals surface area contributed by atoms with Crippen molar-refractivity contribution in [2.75, 3.05) is 40.5 Å². The Morgan fingerprint density at radius 2 is 1.85 bits per heavy atom. The Balaban J connectivity index is 0.00000204. The lowest BCUT2D eigenvalue weighted by Crippen LogP contribution is -2.33. The Morgan fingerprint density at radius 1 is 1.06 bits per heavy atom. The Kier molecular flexibility index (Phi) is 10.7. The molecule has 1 aromatic heterocycles. The van der Waals surface area contributed by atoms with Gasteiger partial charge in [0, 0.05) is 6.54 Å². The van der Waals surface area contributed by atoms with Gasteiger partial charge < -0.3 is 19.2 Å². The lowest BCUT2D eigenvalue weighted by atomic mass is 10.1. The van der Waals surface area contributed by atoms with Gasteiger partial charge in [0.1, 0.15) is 17.9 Å². The zero-order chi connectivity index (χ0) is 22.3. The summed E-state index contributed by atoms with van der Waals surface area (Å²) in [5.74, 6) is 1.69. The topological polar surface area (TPSA) is 76.7 Å². The minimum absolute atomic E-state index is 0. The Morgan fingerprint density at radius 3 is 2.59 bits per heavy atom. The highest BCUT2D eigenvalue weighted by atomic mass is 35.5. The van der Waals surface area contributed by atoms with Crippen molar-refractivity contribution in [3.05, 3.63) is 53.3 Å². The van der Waals surface area contributed by atoms with Crippen LogP contribution in [0, 0.1) is 0 Å². The van der Waals surface area contributed by atoms with E-state index in [1.165, 1.54) is 26.4 Å². The number of carbonyl (C=O) groups excluding carboxylic acids is 1. The van der Waals surface area contributed by atoms with Gasteiger partial charge in [0.05, 0.1) is 25.3 Å². The zero-order valence-corrected chi connectivity index (χ0v) is 21.0. The van der Waals surface area contributed by atoms with Crippen molar-refractivity contribution in [2.45, 2.75) is 19.3 Å². The van der Waals surface area contributed by atoms with Crippen molar-refractivity contribution in [1.29, 1.82) is 0 Å². The molecule has 0 aliphatic carbocycles. The van der Waals surface area contributed by atoms with Crippen molar-refractivity contribution < 1.29 is 19.0 Å². The molecule has 0 spiro atoms. The molecular weight excluding hydrogens is 477 g/mol. The monoisotopic (exact) mass is 507 g/mol. The van der Waals surface area contributed by atoms with Crippen LogP contribution >= 0.6 is 24.8 Å². The molecule has 0 atom stereocenters. The van der Waals surface area contributed by atoms with Gasteiger partial charge in [0.25, 0.3) is 0 Å². The molecule has 1 aliphatic heterocycles. The molecule has 0 amide bonds. The van der Waals surface area contributed by atoms with E-state index in [4.69, 9.17) is 14.2 Å². The summed E-state index contributed by atoms with van der Waals surface area (Å²) in [7, 11) is 3.01. The number of aromatic nitrogens is 2. The molecule has 4 rings (SSSR count). The van der Waals surface area contributed by atoms with Gasteiger partial charge in [-0.15, -0.1) is 24.8 Å². The van der Waals surface area contributed by atoms with Gasteiger partial charge in [-0.1, -0.05) is 24.6 Å². The van der Waals surface area contributed by atoms with E-state index in [2.05, 4.69) is 14.9 Å². The maximum Gasteiger partial charge on any atom is 0.340 e. The molecule has 7 nitrogen and oxygen atoms in total. The van der Waals surface area contributed by atoms with Crippen molar-refractivity contribution in [1.82, 2.24) is 14.9 Å². The summed E-state index contributed by atoms with van der Waals surface area (Å²) >= 11 is 0. The molecule has 34 heavy (non-hydrogen) atoms. The molecule has 0 bridgehead atoms. The fourth-order valence-corrected chi connectivity index (χ4v) is 3.95. The third kappa shape index (κ3) is 6.65. The third-order valence-electron chi connectivity index (χ3n) is 5.67. The van der Waals surface area contributed by atoms with E-state index in [0.29, 0.717) is 29.3 Å². The number of ether oxygens (including phenoxy) is 3. The van der Waals surface area contributed by atoms with Crippen LogP contribution in [0.2, 0.25) is 0 Å². The van der Waals surface area contributed by atoms with Crippen LogP contribution in [-0.2, 0) is 4.74 Å². The van der Waals surface area contributed by atoms with Gasteiger partial charge in [0.2, 0.25) is 0 Å². The second kappa shape index (κ2) is 13.2. The van der Waals surface area contributed by atoms with Crippen LogP contribution < -0.4 is 9.47 Å². The maximum absolute atomic E-state index is 12.0. The number of piperidine rings is 1. The standard InChI is InChI=1S/C25H29N3O4.2ClH/c1-30-22-17-18(9-11-21(22)32-16-15-28-13-4-3-5-14-28)10-12-23-26-20-8-6-7-19(24(20)27-23)25(29)31-2;;/h6-12,17H,3-5,13-16H2,1-2H3,(H,26,27);2*1H/b12-10+;;. The molecule has 1 fully saturated rings. The number of imidazole rings is 1. The Hall–Kier alpha value is -2.74. The fraction of sp³-hybridized carbons (Fsp3) is 0.360. The molecule has 0 unspecified atom stereocenters. The molecule has 0 saturated carbocycles. The first-order valence-electron chi connectivity index (χ1n) is 11.0. The number of hydrogen-bond donors (Lipinski definition) is 1. The molecule has 2 heterocycles. The molecule has 184 valence electrons. The first-order valence-corrected chi connectivity index (χ1v) is 11.0. The van der Waals surface area contributed by atoms with Crippen molar-refractivity contribution in [3.63, 3.8) is 0 Å². The number of nitrogens with zero attached hydrogens (tertiary/aromatic N) is 2. The van der Waals surface area contributed by atoms with Gasteiger partial charge in [-0.25, -0.2) is 9.78 Å². The highest BCUT2D eigenvalue weighted by Crippen LogP contribution is 2.29. The number of H-pyrrole nitrogens is 1. The molecule has 9 heteroatoms. The molecule has 2 aromatic carbocycles. The van der Waals surface area contributed by atoms with E-state index in [1.54, 1.807) is 19.2 Å². The van der Waals surface area contributed by atoms with E-state index in [9.17, 15) is 4.79 Å². The van der Waals surface area contributed by atoms with E-state index < -0.39 is 5.97 Å². The Bertz CT molecular complexity index is 1110. The van der Waals surface area contributed by atoms with Gasteiger partial charge in [0.15, 0.2) is 11.5 Å². The average molecular weight is 508 g/mol. The summed E-state index contributed by atoms with van der Waals surface area (Å²) in [6.45, 7) is 3.90. The summed E-state index contributed by atoms with van der Waals surface area (Å²) in [4.78, 5) is 22.2. The van der Waals surface area contributed by atoms with Crippen LogP contribution in [0.3, 0.4) is 0 Å². The number of likely N-dealkylation sites (tertiary alicyclic amines) is 1. The quantitative estimate of drug-likeness (QED) is 0.420. The van der Waals surface area contributed by atoms with Gasteiger partial charge in [-0.3, -0.25) is 4.90 Å². The van der Waals surface area contributed by atoms with Gasteiger partial charge in [-0.05, 0) is 61.8 Å². The highest BCUT2D eigenvalue weighted by molar-refractivity contribution is 6.02. The number of methoxy groups -OCH3 is 2. The molecule has 0 radical (unpaired) electrons. The van der Waals surface area contributed by atoms with Crippen LogP contribution in [-0.4, -0.2) is 61.3 Å². The molecule has 1 saturated heterocycles. The predicted octanol–water partition coefficient (Wildman–Crippen LogP) is 5.24. The van der Waals surface area contributed by atoms with E-state index in [1.807, 2.05) is 36.4 Å². The zero-order valence-electron chi connectivity index (χ0n) is 19.4. The maximum atomic E-state index is 12.0. The van der Waals surface area contributed by atoms with Crippen LogP contribution in [0.25, 0.3) is 23.2 Å². The fourth-order valence-electron chi connectivity index (χ4n) is 3.95. The van der Waals surface area contributed by atoms with Gasteiger partial charge >= 0.3 is 5.97 Å². The summed E-state index contributed by atoms with van der Waals surface area (Å²) < 4.78 is 16.4. The first-order chi connectivity index (χ1) is 15.7. The number of esters is 1. The number of halogens is 2. The SMILES string of the molecule is COC(=O)c1cccc2[nH]c(/C=C/c3ccc(OCCN4CCCCC4)c(OC)c3)nc12.Cl.Cl. The molecule has 1 N–H and O–H groups in total. The number of hydrogen-bond acceptors (Lipinski definition) is 6. The number of rotatable bonds is 8. The Labute approximate surface area is 212 Å². The minimum atomic E-state index is -0.404. The van der Waals surface area contributed by atoms with Gasteiger partial charge in [-0.2, -0.15) is 0 Å². The number of nitrogens with one attached hydrogen (secondary N) is 1. The minimum Gasteiger partial charge on any atom is -0.493 e. The lowest BCUT2D eigenvalue weighted by Gasteiger charge is -2.26.